The smallest absolute Gasteiger partial charge is 0.255 e. The molecular weight excluding hydrogens is 402 g/mol. The summed E-state index contributed by atoms with van der Waals surface area (Å²) >= 11 is 0. The number of nitrogens with one attached hydrogen (secondary N) is 1. The molecule has 1 heterocycles. The van der Waals surface area contributed by atoms with Gasteiger partial charge in [0.15, 0.2) is 11.6 Å². The summed E-state index contributed by atoms with van der Waals surface area (Å²) in [5, 5.41) is 2.27. The molecule has 9 heteroatoms. The molecule has 0 unspecified atom stereocenters. The van der Waals surface area contributed by atoms with Crippen LogP contribution in [-0.2, 0) is 10.0 Å². The Morgan fingerprint density at radius 2 is 1.76 bits per heavy atom. The number of ether oxygens (including phenoxy) is 1. The Hall–Kier alpha value is -2.52. The predicted molar refractivity (Wildman–Crippen MR) is 105 cm³/mol. The molecular formula is C20H22F2N2O4S. The van der Waals surface area contributed by atoms with E-state index in [1.807, 2.05) is 0 Å². The maximum atomic E-state index is 13.8. The van der Waals surface area contributed by atoms with E-state index in [4.69, 9.17) is 4.74 Å². The molecule has 6 nitrogen and oxygen atoms in total. The highest BCUT2D eigenvalue weighted by Gasteiger charge is 2.29. The highest BCUT2D eigenvalue weighted by atomic mass is 32.2. The monoisotopic (exact) mass is 424 g/mol. The van der Waals surface area contributed by atoms with Gasteiger partial charge in [-0.15, -0.1) is 0 Å². The van der Waals surface area contributed by atoms with Crippen LogP contribution in [0.4, 0.5) is 14.5 Å². The van der Waals surface area contributed by atoms with Crippen LogP contribution in [-0.4, -0.2) is 38.8 Å². The van der Waals surface area contributed by atoms with Crippen molar-refractivity contribution in [2.75, 3.05) is 25.5 Å². The Balaban J connectivity index is 1.94. The topological polar surface area (TPSA) is 75.7 Å². The lowest BCUT2D eigenvalue weighted by Crippen LogP contribution is -2.32. The highest BCUT2D eigenvalue weighted by molar-refractivity contribution is 7.89. The molecule has 3 rings (SSSR count). The van der Waals surface area contributed by atoms with E-state index in [0.717, 1.165) is 31.7 Å². The largest absolute Gasteiger partial charge is 0.495 e. The summed E-state index contributed by atoms with van der Waals surface area (Å²) in [4.78, 5) is 12.4. The Labute approximate surface area is 168 Å². The van der Waals surface area contributed by atoms with Crippen molar-refractivity contribution in [1.82, 2.24) is 4.31 Å². The summed E-state index contributed by atoms with van der Waals surface area (Å²) in [5.41, 5.74) is -0.342. The summed E-state index contributed by atoms with van der Waals surface area (Å²) in [6.07, 6.45) is 3.46. The van der Waals surface area contributed by atoms with Gasteiger partial charge in [-0.3, -0.25) is 4.79 Å². The molecule has 1 aliphatic rings. The quantitative estimate of drug-likeness (QED) is 0.792. The first-order valence-electron chi connectivity index (χ1n) is 9.28. The summed E-state index contributed by atoms with van der Waals surface area (Å²) in [5.74, 6) is -2.93. The Morgan fingerprint density at radius 3 is 2.41 bits per heavy atom. The van der Waals surface area contributed by atoms with E-state index in [2.05, 4.69) is 5.32 Å². The van der Waals surface area contributed by atoms with E-state index in [-0.39, 0.29) is 21.9 Å². The summed E-state index contributed by atoms with van der Waals surface area (Å²) in [6.45, 7) is 0.798. The Morgan fingerprint density at radius 1 is 1.07 bits per heavy atom. The van der Waals surface area contributed by atoms with Gasteiger partial charge in [-0.1, -0.05) is 18.9 Å². The highest BCUT2D eigenvalue weighted by Crippen LogP contribution is 2.30. The summed E-state index contributed by atoms with van der Waals surface area (Å²) in [6, 6.07) is 7.36. The average molecular weight is 424 g/mol. The van der Waals surface area contributed by atoms with Gasteiger partial charge in [0.2, 0.25) is 10.0 Å². The lowest BCUT2D eigenvalue weighted by molar-refractivity contribution is 0.102. The molecule has 156 valence electrons. The Bertz CT molecular complexity index is 1000. The number of halogens is 2. The third-order valence-electron chi connectivity index (χ3n) is 4.81. The van der Waals surface area contributed by atoms with Crippen LogP contribution in [0.2, 0.25) is 0 Å². The lowest BCUT2D eigenvalue weighted by atomic mass is 10.2. The second-order valence-corrected chi connectivity index (χ2v) is 8.65. The van der Waals surface area contributed by atoms with Crippen molar-refractivity contribution in [3.8, 4) is 5.75 Å². The number of sulfonamides is 1. The molecule has 0 aromatic heterocycles. The zero-order valence-corrected chi connectivity index (χ0v) is 16.8. The number of hydrogen-bond acceptors (Lipinski definition) is 4. The van der Waals surface area contributed by atoms with Crippen LogP contribution in [0.25, 0.3) is 0 Å². The minimum absolute atomic E-state index is 0.0112. The van der Waals surface area contributed by atoms with Crippen LogP contribution in [0.3, 0.4) is 0 Å². The fourth-order valence-corrected chi connectivity index (χ4v) is 4.93. The number of anilines is 1. The van der Waals surface area contributed by atoms with Crippen LogP contribution in [0.5, 0.6) is 5.75 Å². The Kier molecular flexibility index (Phi) is 6.49. The van der Waals surface area contributed by atoms with Crippen molar-refractivity contribution in [3.05, 3.63) is 53.6 Å². The molecule has 1 amide bonds. The molecule has 0 atom stereocenters. The first-order chi connectivity index (χ1) is 13.8. The predicted octanol–water partition coefficient (Wildman–Crippen LogP) is 3.79. The number of amides is 1. The molecule has 0 aliphatic carbocycles. The molecule has 0 radical (unpaired) electrons. The number of methoxy groups -OCH3 is 1. The molecule has 1 fully saturated rings. The van der Waals surface area contributed by atoms with E-state index < -0.39 is 27.6 Å². The van der Waals surface area contributed by atoms with Crippen molar-refractivity contribution in [2.24, 2.45) is 0 Å². The van der Waals surface area contributed by atoms with Gasteiger partial charge in [0.05, 0.1) is 12.8 Å². The van der Waals surface area contributed by atoms with Gasteiger partial charge in [-0.05, 0) is 43.2 Å². The van der Waals surface area contributed by atoms with E-state index in [1.165, 1.54) is 41.7 Å². The van der Waals surface area contributed by atoms with E-state index in [9.17, 15) is 22.0 Å². The molecule has 2 aromatic carbocycles. The van der Waals surface area contributed by atoms with Crippen molar-refractivity contribution in [2.45, 2.75) is 30.6 Å². The van der Waals surface area contributed by atoms with Gasteiger partial charge in [0.1, 0.15) is 10.6 Å². The number of hydrogen-bond donors (Lipinski definition) is 1. The van der Waals surface area contributed by atoms with E-state index >= 15 is 0 Å². The SMILES string of the molecule is COc1ccc(C(=O)Nc2cccc(F)c2F)cc1S(=O)(=O)N1CCCCCC1. The lowest BCUT2D eigenvalue weighted by Gasteiger charge is -2.21. The summed E-state index contributed by atoms with van der Waals surface area (Å²) in [7, 11) is -2.53. The number of carbonyl (C=O) groups excluding carboxylic acids is 1. The van der Waals surface area contributed by atoms with Crippen molar-refractivity contribution in [1.29, 1.82) is 0 Å². The molecule has 2 aromatic rings. The molecule has 1 saturated heterocycles. The third kappa shape index (κ3) is 4.56. The zero-order valence-electron chi connectivity index (χ0n) is 16.0. The number of rotatable bonds is 5. The van der Waals surface area contributed by atoms with Crippen molar-refractivity contribution < 1.29 is 26.7 Å². The van der Waals surface area contributed by atoms with Gasteiger partial charge < -0.3 is 10.1 Å². The van der Waals surface area contributed by atoms with Crippen LogP contribution in [0, 0.1) is 11.6 Å². The van der Waals surface area contributed by atoms with Crippen molar-refractivity contribution >= 4 is 21.6 Å². The number of carbonyl (C=O) groups is 1. The van der Waals surface area contributed by atoms with Gasteiger partial charge in [0.25, 0.3) is 5.91 Å². The second-order valence-electron chi connectivity index (χ2n) is 6.74. The van der Waals surface area contributed by atoms with Gasteiger partial charge in [0, 0.05) is 18.7 Å². The van der Waals surface area contributed by atoms with Gasteiger partial charge in [-0.2, -0.15) is 4.31 Å². The number of nitrogens with zero attached hydrogens (tertiary/aromatic N) is 1. The van der Waals surface area contributed by atoms with Gasteiger partial charge >= 0.3 is 0 Å². The normalized spacial score (nSPS) is 15.6. The molecule has 1 N–H and O–H groups in total. The fourth-order valence-electron chi connectivity index (χ4n) is 3.24. The van der Waals surface area contributed by atoms with Crippen molar-refractivity contribution in [3.63, 3.8) is 0 Å². The number of benzene rings is 2. The minimum atomic E-state index is -3.88. The first kappa shape index (κ1) is 21.2. The first-order valence-corrected chi connectivity index (χ1v) is 10.7. The zero-order chi connectivity index (χ0) is 21.0. The summed E-state index contributed by atoms with van der Waals surface area (Å²) < 4.78 is 60.1. The van der Waals surface area contributed by atoms with Crippen LogP contribution in [0.1, 0.15) is 36.0 Å². The maximum Gasteiger partial charge on any atom is 0.255 e. The standard InChI is InChI=1S/C20H22F2N2O4S/c1-28-17-10-9-14(20(25)23-16-8-6-7-15(21)19(16)22)13-18(17)29(26,27)24-11-4-2-3-5-12-24/h6-10,13H,2-5,11-12H2,1H3,(H,23,25). The van der Waals surface area contributed by atoms with E-state index in [0.29, 0.717) is 13.1 Å². The average Bonchev–Trinajstić information content (AvgIpc) is 3.01. The maximum absolute atomic E-state index is 13.8. The van der Waals surface area contributed by atoms with Crippen LogP contribution >= 0.6 is 0 Å². The van der Waals surface area contributed by atoms with Crippen LogP contribution < -0.4 is 10.1 Å². The van der Waals surface area contributed by atoms with Gasteiger partial charge in [-0.25, -0.2) is 17.2 Å². The molecule has 1 aliphatic heterocycles. The molecule has 0 spiro atoms. The van der Waals surface area contributed by atoms with Crippen LogP contribution in [0.15, 0.2) is 41.3 Å². The minimum Gasteiger partial charge on any atom is -0.495 e. The molecule has 0 bridgehead atoms. The molecule has 0 saturated carbocycles. The molecule has 29 heavy (non-hydrogen) atoms. The second kappa shape index (κ2) is 8.87. The fraction of sp³-hybridized carbons (Fsp3) is 0.350. The van der Waals surface area contributed by atoms with E-state index in [1.54, 1.807) is 0 Å². The third-order valence-corrected chi connectivity index (χ3v) is 6.73.